The van der Waals surface area contributed by atoms with Crippen LogP contribution in [0.25, 0.3) is 10.8 Å². The summed E-state index contributed by atoms with van der Waals surface area (Å²) >= 11 is 0. The number of anilines is 1. The lowest BCUT2D eigenvalue weighted by atomic mass is 9.80. The monoisotopic (exact) mass is 372 g/mol. The van der Waals surface area contributed by atoms with Gasteiger partial charge in [-0.05, 0) is 49.3 Å². The van der Waals surface area contributed by atoms with Crippen molar-refractivity contribution in [2.45, 2.75) is 38.6 Å². The second-order valence-corrected chi connectivity index (χ2v) is 8.39. The third kappa shape index (κ3) is 3.15. The minimum atomic E-state index is 0.135. The Kier molecular flexibility index (Phi) is 4.62. The minimum Gasteiger partial charge on any atom is -0.496 e. The third-order valence-electron chi connectivity index (χ3n) is 6.09. The van der Waals surface area contributed by atoms with Crippen LogP contribution in [-0.4, -0.2) is 25.9 Å². The molecule has 3 aromatic rings. The average Bonchev–Trinajstić information content (AvgIpc) is 2.69. The smallest absolute Gasteiger partial charge is 0.129 e. The normalized spacial score (nSPS) is 18.5. The van der Waals surface area contributed by atoms with Crippen LogP contribution < -0.4 is 9.64 Å². The molecule has 0 fully saturated rings. The summed E-state index contributed by atoms with van der Waals surface area (Å²) in [6.45, 7) is 6.91. The summed E-state index contributed by atoms with van der Waals surface area (Å²) in [6.07, 6.45) is 3.07. The standard InChI is InChI=1S/C25H28N2O/c1-17-15-25(2,3)27(4)23-14-24(28-5)19(13-21(17)23)16-26-22-12-8-10-18-9-6-7-11-20(18)22/h6-14,16-17H,15H2,1-5H3. The lowest BCUT2D eigenvalue weighted by Crippen LogP contribution is -2.45. The van der Waals surface area contributed by atoms with Crippen molar-refractivity contribution in [2.75, 3.05) is 19.1 Å². The van der Waals surface area contributed by atoms with Crippen LogP contribution in [0.5, 0.6) is 5.75 Å². The number of methoxy groups -OCH3 is 1. The zero-order valence-electron chi connectivity index (χ0n) is 17.4. The quantitative estimate of drug-likeness (QED) is 0.503. The van der Waals surface area contributed by atoms with E-state index in [0.29, 0.717) is 5.92 Å². The Labute approximate surface area is 167 Å². The van der Waals surface area contributed by atoms with E-state index in [1.165, 1.54) is 16.6 Å². The van der Waals surface area contributed by atoms with Gasteiger partial charge in [0.15, 0.2) is 0 Å². The van der Waals surface area contributed by atoms with Crippen molar-refractivity contribution in [3.8, 4) is 5.75 Å². The van der Waals surface area contributed by atoms with Gasteiger partial charge in [0, 0.05) is 41.5 Å². The first-order chi connectivity index (χ1) is 13.4. The van der Waals surface area contributed by atoms with Gasteiger partial charge in [0.05, 0.1) is 12.8 Å². The van der Waals surface area contributed by atoms with Crippen molar-refractivity contribution in [2.24, 2.45) is 4.99 Å². The van der Waals surface area contributed by atoms with Crippen LogP contribution in [0.3, 0.4) is 0 Å². The minimum absolute atomic E-state index is 0.135. The van der Waals surface area contributed by atoms with Crippen molar-refractivity contribution >= 4 is 28.4 Å². The van der Waals surface area contributed by atoms with E-state index in [-0.39, 0.29) is 5.54 Å². The average molecular weight is 373 g/mol. The van der Waals surface area contributed by atoms with Crippen LogP contribution in [0.1, 0.15) is 44.2 Å². The zero-order chi connectivity index (χ0) is 19.9. The first-order valence-corrected chi connectivity index (χ1v) is 9.88. The molecule has 0 amide bonds. The summed E-state index contributed by atoms with van der Waals surface area (Å²) in [6, 6.07) is 19.0. The van der Waals surface area contributed by atoms with Crippen molar-refractivity contribution in [1.29, 1.82) is 0 Å². The Hall–Kier alpha value is -2.81. The molecule has 0 N–H and O–H groups in total. The molecule has 0 aliphatic carbocycles. The molecule has 28 heavy (non-hydrogen) atoms. The molecule has 0 saturated heterocycles. The summed E-state index contributed by atoms with van der Waals surface area (Å²) in [5, 5.41) is 2.36. The SMILES string of the molecule is COc1cc2c(cc1C=Nc1cccc3ccccc13)C(C)CC(C)(C)N2C. The summed E-state index contributed by atoms with van der Waals surface area (Å²) in [7, 11) is 3.91. The number of aliphatic imine (C=N–C) groups is 1. The Morgan fingerprint density at radius 2 is 1.86 bits per heavy atom. The van der Waals surface area contributed by atoms with Crippen LogP contribution in [-0.2, 0) is 0 Å². The van der Waals surface area contributed by atoms with Gasteiger partial charge < -0.3 is 9.64 Å². The van der Waals surface area contributed by atoms with E-state index in [1.807, 2.05) is 6.21 Å². The van der Waals surface area contributed by atoms with Gasteiger partial charge in [-0.3, -0.25) is 4.99 Å². The van der Waals surface area contributed by atoms with Gasteiger partial charge in [0.25, 0.3) is 0 Å². The summed E-state index contributed by atoms with van der Waals surface area (Å²) in [5.41, 5.74) is 4.75. The zero-order valence-corrected chi connectivity index (χ0v) is 17.4. The van der Waals surface area contributed by atoms with Gasteiger partial charge in [-0.15, -0.1) is 0 Å². The largest absolute Gasteiger partial charge is 0.496 e. The van der Waals surface area contributed by atoms with E-state index >= 15 is 0 Å². The van der Waals surface area contributed by atoms with Crippen LogP contribution in [0.4, 0.5) is 11.4 Å². The molecule has 3 aromatic carbocycles. The summed E-state index contributed by atoms with van der Waals surface area (Å²) in [4.78, 5) is 7.19. The highest BCUT2D eigenvalue weighted by molar-refractivity contribution is 5.96. The molecule has 3 heteroatoms. The first kappa shape index (κ1) is 18.5. The number of nitrogens with zero attached hydrogens (tertiary/aromatic N) is 2. The number of hydrogen-bond acceptors (Lipinski definition) is 3. The van der Waals surface area contributed by atoms with Gasteiger partial charge in [-0.2, -0.15) is 0 Å². The maximum atomic E-state index is 5.72. The van der Waals surface area contributed by atoms with E-state index in [0.717, 1.165) is 28.8 Å². The van der Waals surface area contributed by atoms with Crippen LogP contribution in [0.2, 0.25) is 0 Å². The number of rotatable bonds is 3. The fraction of sp³-hybridized carbons (Fsp3) is 0.320. The highest BCUT2D eigenvalue weighted by Crippen LogP contribution is 2.44. The Morgan fingerprint density at radius 1 is 1.11 bits per heavy atom. The van der Waals surface area contributed by atoms with Crippen molar-refractivity contribution in [1.82, 2.24) is 0 Å². The summed E-state index contributed by atoms with van der Waals surface area (Å²) < 4.78 is 5.72. The van der Waals surface area contributed by atoms with Gasteiger partial charge >= 0.3 is 0 Å². The van der Waals surface area contributed by atoms with E-state index in [4.69, 9.17) is 9.73 Å². The van der Waals surface area contributed by atoms with E-state index in [2.05, 4.69) is 87.3 Å². The highest BCUT2D eigenvalue weighted by Gasteiger charge is 2.34. The lowest BCUT2D eigenvalue weighted by molar-refractivity contribution is 0.389. The maximum absolute atomic E-state index is 5.72. The second-order valence-electron chi connectivity index (χ2n) is 8.39. The number of benzene rings is 3. The van der Waals surface area contributed by atoms with E-state index in [1.54, 1.807) is 7.11 Å². The molecular formula is C25H28N2O. The van der Waals surface area contributed by atoms with Crippen LogP contribution in [0, 0.1) is 0 Å². The number of hydrogen-bond donors (Lipinski definition) is 0. The Morgan fingerprint density at radius 3 is 2.64 bits per heavy atom. The maximum Gasteiger partial charge on any atom is 0.129 e. The molecule has 0 aromatic heterocycles. The number of ether oxygens (including phenoxy) is 1. The molecule has 0 spiro atoms. The summed E-state index contributed by atoms with van der Waals surface area (Å²) in [5.74, 6) is 1.36. The van der Waals surface area contributed by atoms with Crippen molar-refractivity contribution in [3.63, 3.8) is 0 Å². The molecule has 1 aliphatic rings. The molecule has 3 nitrogen and oxygen atoms in total. The lowest BCUT2D eigenvalue weighted by Gasteiger charge is -2.45. The Bertz CT molecular complexity index is 1050. The highest BCUT2D eigenvalue weighted by atomic mass is 16.5. The topological polar surface area (TPSA) is 24.8 Å². The fourth-order valence-corrected chi connectivity index (χ4v) is 4.35. The Balaban J connectivity index is 1.78. The second kappa shape index (κ2) is 6.97. The predicted molar refractivity (Wildman–Crippen MR) is 120 cm³/mol. The van der Waals surface area contributed by atoms with Gasteiger partial charge in [-0.25, -0.2) is 0 Å². The molecule has 1 unspecified atom stereocenters. The molecule has 1 heterocycles. The third-order valence-corrected chi connectivity index (χ3v) is 6.09. The van der Waals surface area contributed by atoms with Crippen LogP contribution in [0.15, 0.2) is 59.6 Å². The predicted octanol–water partition coefficient (Wildman–Crippen LogP) is 6.32. The van der Waals surface area contributed by atoms with Crippen LogP contribution >= 0.6 is 0 Å². The van der Waals surface area contributed by atoms with Crippen molar-refractivity contribution < 1.29 is 4.74 Å². The molecule has 144 valence electrons. The molecule has 4 rings (SSSR count). The fourth-order valence-electron chi connectivity index (χ4n) is 4.35. The van der Waals surface area contributed by atoms with E-state index in [9.17, 15) is 0 Å². The molecule has 1 atom stereocenters. The molecule has 1 aliphatic heterocycles. The number of fused-ring (bicyclic) bond motifs is 2. The molecule has 0 radical (unpaired) electrons. The first-order valence-electron chi connectivity index (χ1n) is 9.88. The molecule has 0 bridgehead atoms. The van der Waals surface area contributed by atoms with Gasteiger partial charge in [-0.1, -0.05) is 43.3 Å². The van der Waals surface area contributed by atoms with Gasteiger partial charge in [0.1, 0.15) is 5.75 Å². The molecular weight excluding hydrogens is 344 g/mol. The van der Waals surface area contributed by atoms with Crippen molar-refractivity contribution in [3.05, 3.63) is 65.7 Å². The van der Waals surface area contributed by atoms with Gasteiger partial charge in [0.2, 0.25) is 0 Å². The molecule has 0 saturated carbocycles. The van der Waals surface area contributed by atoms with E-state index < -0.39 is 0 Å².